The Labute approximate surface area is 158 Å². The van der Waals surface area contributed by atoms with E-state index in [2.05, 4.69) is 24.9 Å². The van der Waals surface area contributed by atoms with E-state index in [0.717, 1.165) is 17.6 Å². The molecule has 2 heterocycles. The summed E-state index contributed by atoms with van der Waals surface area (Å²) in [7, 11) is 0. The molecule has 2 amide bonds. The Kier molecular flexibility index (Phi) is 3.51. The molecule has 0 bridgehead atoms. The molecule has 1 aliphatic heterocycles. The lowest BCUT2D eigenvalue weighted by Crippen LogP contribution is -2.34. The molecule has 5 rings (SSSR count). The highest BCUT2D eigenvalue weighted by Gasteiger charge is 2.57. The minimum atomic E-state index is -0.416. The number of anilines is 1. The standard InChI is InChI=1S/C23H22N2O2/c1-3-15-13(2)18-16-11-7-8-12-17(16)24-21(18)20-19(15)22(26)25(23(20)27)14-9-5-4-6-10-14/h4-13,15,19-20,24H,3H2,1-2H3/t13-,15+,19+,20-/m0/s1. The summed E-state index contributed by atoms with van der Waals surface area (Å²) in [4.78, 5) is 31.7. The molecule has 3 aromatic rings. The van der Waals surface area contributed by atoms with E-state index >= 15 is 0 Å². The van der Waals surface area contributed by atoms with Crippen molar-refractivity contribution >= 4 is 28.4 Å². The fourth-order valence-electron chi connectivity index (χ4n) is 5.31. The summed E-state index contributed by atoms with van der Waals surface area (Å²) in [5.74, 6) is -0.477. The zero-order valence-electron chi connectivity index (χ0n) is 15.5. The number of imide groups is 1. The number of amides is 2. The first-order valence-electron chi connectivity index (χ1n) is 9.66. The van der Waals surface area contributed by atoms with Crippen molar-refractivity contribution in [2.45, 2.75) is 32.1 Å². The summed E-state index contributed by atoms with van der Waals surface area (Å²) in [5, 5.41) is 1.18. The highest BCUT2D eigenvalue weighted by Crippen LogP contribution is 2.54. The molecule has 4 atom stereocenters. The van der Waals surface area contributed by atoms with Gasteiger partial charge in [-0.3, -0.25) is 9.59 Å². The fourth-order valence-corrected chi connectivity index (χ4v) is 5.31. The minimum Gasteiger partial charge on any atom is -0.357 e. The fraction of sp³-hybridized carbons (Fsp3) is 0.304. The molecule has 2 aromatic carbocycles. The smallest absolute Gasteiger partial charge is 0.243 e. The van der Waals surface area contributed by atoms with Gasteiger partial charge >= 0.3 is 0 Å². The van der Waals surface area contributed by atoms with Crippen molar-refractivity contribution in [3.63, 3.8) is 0 Å². The number of carbonyl (C=O) groups is 2. The van der Waals surface area contributed by atoms with E-state index in [1.54, 1.807) is 0 Å². The second-order valence-electron chi connectivity index (χ2n) is 7.71. The van der Waals surface area contributed by atoms with Crippen molar-refractivity contribution in [3.8, 4) is 0 Å². The number of rotatable bonds is 2. The number of benzene rings is 2. The van der Waals surface area contributed by atoms with E-state index < -0.39 is 5.92 Å². The van der Waals surface area contributed by atoms with Crippen LogP contribution in [0.4, 0.5) is 5.69 Å². The van der Waals surface area contributed by atoms with Crippen molar-refractivity contribution in [2.24, 2.45) is 11.8 Å². The van der Waals surface area contributed by atoms with Crippen LogP contribution >= 0.6 is 0 Å². The van der Waals surface area contributed by atoms with Crippen molar-refractivity contribution < 1.29 is 9.59 Å². The average molecular weight is 358 g/mol. The SMILES string of the molecule is CC[C@H]1[C@H]2C(=O)N(c3ccccc3)C(=O)[C@@H]2c2[nH]c3ccccc3c2[C@H]1C. The molecule has 1 saturated heterocycles. The van der Waals surface area contributed by atoms with Crippen molar-refractivity contribution in [1.29, 1.82) is 0 Å². The van der Waals surface area contributed by atoms with E-state index in [9.17, 15) is 9.59 Å². The molecule has 4 heteroatoms. The molecule has 136 valence electrons. The van der Waals surface area contributed by atoms with Gasteiger partial charge in [-0.1, -0.05) is 56.7 Å². The van der Waals surface area contributed by atoms with Crippen LogP contribution in [0.15, 0.2) is 54.6 Å². The molecule has 0 spiro atoms. The van der Waals surface area contributed by atoms with Crippen LogP contribution in [0, 0.1) is 11.8 Å². The van der Waals surface area contributed by atoms with Crippen molar-refractivity contribution in [1.82, 2.24) is 4.98 Å². The first-order chi connectivity index (χ1) is 13.1. The predicted molar refractivity (Wildman–Crippen MR) is 106 cm³/mol. The second kappa shape index (κ2) is 5.81. The summed E-state index contributed by atoms with van der Waals surface area (Å²) < 4.78 is 0. The Balaban J connectivity index is 1.73. The van der Waals surface area contributed by atoms with Gasteiger partial charge in [0.25, 0.3) is 0 Å². The molecule has 2 aliphatic rings. The summed E-state index contributed by atoms with van der Waals surface area (Å²) in [6, 6.07) is 17.5. The van der Waals surface area contributed by atoms with Crippen LogP contribution in [0.5, 0.6) is 0 Å². The Hall–Kier alpha value is -2.88. The van der Waals surface area contributed by atoms with E-state index in [1.807, 2.05) is 48.5 Å². The zero-order chi connectivity index (χ0) is 18.7. The molecule has 1 aliphatic carbocycles. The summed E-state index contributed by atoms with van der Waals surface area (Å²) in [6.45, 7) is 4.33. The first kappa shape index (κ1) is 16.3. The summed E-state index contributed by atoms with van der Waals surface area (Å²) in [5.41, 5.74) is 3.87. The van der Waals surface area contributed by atoms with Crippen LogP contribution in [0.2, 0.25) is 0 Å². The molecule has 1 N–H and O–H groups in total. The number of hydrogen-bond donors (Lipinski definition) is 1. The molecule has 1 aromatic heterocycles. The maximum Gasteiger partial charge on any atom is 0.243 e. The maximum absolute atomic E-state index is 13.4. The van der Waals surface area contributed by atoms with Gasteiger partial charge in [0.2, 0.25) is 11.8 Å². The Morgan fingerprint density at radius 1 is 0.963 bits per heavy atom. The third-order valence-electron chi connectivity index (χ3n) is 6.48. The summed E-state index contributed by atoms with van der Waals surface area (Å²) >= 11 is 0. The van der Waals surface area contributed by atoms with Crippen LogP contribution in [-0.4, -0.2) is 16.8 Å². The van der Waals surface area contributed by atoms with E-state index in [4.69, 9.17) is 0 Å². The number of hydrogen-bond acceptors (Lipinski definition) is 2. The van der Waals surface area contributed by atoms with Gasteiger partial charge < -0.3 is 4.98 Å². The topological polar surface area (TPSA) is 53.2 Å². The number of nitrogens with zero attached hydrogens (tertiary/aromatic N) is 1. The van der Waals surface area contributed by atoms with Gasteiger partial charge in [-0.05, 0) is 35.6 Å². The molecule has 27 heavy (non-hydrogen) atoms. The number of fused-ring (bicyclic) bond motifs is 5. The van der Waals surface area contributed by atoms with Crippen LogP contribution in [0.3, 0.4) is 0 Å². The quantitative estimate of drug-likeness (QED) is 0.682. The van der Waals surface area contributed by atoms with Gasteiger partial charge in [0.1, 0.15) is 0 Å². The highest BCUT2D eigenvalue weighted by atomic mass is 16.2. The minimum absolute atomic E-state index is 0.0563. The largest absolute Gasteiger partial charge is 0.357 e. The highest BCUT2D eigenvalue weighted by molar-refractivity contribution is 6.24. The zero-order valence-corrected chi connectivity index (χ0v) is 15.5. The molecule has 0 radical (unpaired) electrons. The lowest BCUT2D eigenvalue weighted by molar-refractivity contribution is -0.123. The van der Waals surface area contributed by atoms with Crippen LogP contribution in [0.25, 0.3) is 10.9 Å². The maximum atomic E-state index is 13.4. The van der Waals surface area contributed by atoms with Crippen molar-refractivity contribution in [2.75, 3.05) is 4.90 Å². The van der Waals surface area contributed by atoms with Gasteiger partial charge in [-0.25, -0.2) is 4.90 Å². The molecular weight excluding hydrogens is 336 g/mol. The molecule has 4 nitrogen and oxygen atoms in total. The van der Waals surface area contributed by atoms with Crippen LogP contribution in [0.1, 0.15) is 43.4 Å². The number of H-pyrrole nitrogens is 1. The first-order valence-corrected chi connectivity index (χ1v) is 9.66. The van der Waals surface area contributed by atoms with Gasteiger partial charge in [-0.2, -0.15) is 0 Å². The number of para-hydroxylation sites is 2. The third kappa shape index (κ3) is 2.10. The molecule has 0 saturated carbocycles. The number of aromatic amines is 1. The Morgan fingerprint density at radius 3 is 2.41 bits per heavy atom. The van der Waals surface area contributed by atoms with E-state index in [1.165, 1.54) is 15.8 Å². The lowest BCUT2D eigenvalue weighted by atomic mass is 9.66. The van der Waals surface area contributed by atoms with E-state index in [0.29, 0.717) is 5.69 Å². The Morgan fingerprint density at radius 2 is 1.67 bits per heavy atom. The normalized spacial score (nSPS) is 27.1. The van der Waals surface area contributed by atoms with Gasteiger partial charge in [-0.15, -0.1) is 0 Å². The van der Waals surface area contributed by atoms with Gasteiger partial charge in [0, 0.05) is 16.6 Å². The molecule has 0 unspecified atom stereocenters. The van der Waals surface area contributed by atoms with E-state index in [-0.39, 0.29) is 29.6 Å². The molecular formula is C23H22N2O2. The van der Waals surface area contributed by atoms with Crippen molar-refractivity contribution in [3.05, 3.63) is 65.9 Å². The van der Waals surface area contributed by atoms with Crippen LogP contribution < -0.4 is 4.90 Å². The summed E-state index contributed by atoms with van der Waals surface area (Å²) in [6.07, 6.45) is 0.878. The monoisotopic (exact) mass is 358 g/mol. The van der Waals surface area contributed by atoms with Gasteiger partial charge in [0.15, 0.2) is 0 Å². The molecule has 1 fully saturated rings. The van der Waals surface area contributed by atoms with Crippen LogP contribution in [-0.2, 0) is 9.59 Å². The number of nitrogens with one attached hydrogen (secondary N) is 1. The number of aromatic nitrogens is 1. The average Bonchev–Trinajstić information content (AvgIpc) is 3.19. The second-order valence-corrected chi connectivity index (χ2v) is 7.71. The lowest BCUT2D eigenvalue weighted by Gasteiger charge is -2.35. The van der Waals surface area contributed by atoms with Gasteiger partial charge in [0.05, 0.1) is 17.5 Å². The predicted octanol–water partition coefficient (Wildman–Crippen LogP) is 4.58. The Bertz CT molecular complexity index is 1050. The third-order valence-corrected chi connectivity index (χ3v) is 6.48. The number of carbonyl (C=O) groups excluding carboxylic acids is 2.